The number of halogens is 2. The molecule has 0 aliphatic carbocycles. The third-order valence-corrected chi connectivity index (χ3v) is 4.17. The minimum Gasteiger partial charge on any atom is -0.386 e. The van der Waals surface area contributed by atoms with Crippen molar-refractivity contribution in [1.29, 1.82) is 0 Å². The SMILES string of the molecule is CC(C)(C)C1CC(=O)N(CC(O)c2cccc(F)c2F)C1. The summed E-state index contributed by atoms with van der Waals surface area (Å²) in [6.45, 7) is 6.73. The van der Waals surface area contributed by atoms with E-state index in [0.717, 1.165) is 6.07 Å². The van der Waals surface area contributed by atoms with E-state index in [1.807, 2.05) is 0 Å². The number of carbonyl (C=O) groups is 1. The Balaban J connectivity index is 2.08. The lowest BCUT2D eigenvalue weighted by Crippen LogP contribution is -2.32. The van der Waals surface area contributed by atoms with Crippen molar-refractivity contribution < 1.29 is 18.7 Å². The smallest absolute Gasteiger partial charge is 0.223 e. The van der Waals surface area contributed by atoms with Gasteiger partial charge in [0.1, 0.15) is 0 Å². The van der Waals surface area contributed by atoms with E-state index in [4.69, 9.17) is 0 Å². The quantitative estimate of drug-likeness (QED) is 0.932. The van der Waals surface area contributed by atoms with E-state index in [1.165, 1.54) is 17.0 Å². The molecule has 2 unspecified atom stereocenters. The number of nitrogens with zero attached hydrogens (tertiary/aromatic N) is 1. The number of aliphatic hydroxyl groups is 1. The highest BCUT2D eigenvalue weighted by Crippen LogP contribution is 2.35. The zero-order chi connectivity index (χ0) is 15.8. The first-order valence-electron chi connectivity index (χ1n) is 7.10. The van der Waals surface area contributed by atoms with E-state index in [1.54, 1.807) is 0 Å². The van der Waals surface area contributed by atoms with Gasteiger partial charge in [-0.05, 0) is 17.4 Å². The summed E-state index contributed by atoms with van der Waals surface area (Å²) in [5.74, 6) is -1.89. The molecule has 2 rings (SSSR count). The maximum Gasteiger partial charge on any atom is 0.223 e. The zero-order valence-electron chi connectivity index (χ0n) is 12.6. The maximum atomic E-state index is 13.7. The van der Waals surface area contributed by atoms with Crippen LogP contribution in [-0.4, -0.2) is 29.0 Å². The summed E-state index contributed by atoms with van der Waals surface area (Å²) in [6, 6.07) is 3.69. The standard InChI is InChI=1S/C16H21F2NO2/c1-16(2,3)10-7-14(21)19(8-10)9-13(20)11-5-4-6-12(17)15(11)18/h4-6,10,13,20H,7-9H2,1-3H3. The van der Waals surface area contributed by atoms with Gasteiger partial charge >= 0.3 is 0 Å². The lowest BCUT2D eigenvalue weighted by molar-refractivity contribution is -0.129. The molecular formula is C16H21F2NO2. The number of hydrogen-bond donors (Lipinski definition) is 1. The van der Waals surface area contributed by atoms with Crippen molar-refractivity contribution in [3.8, 4) is 0 Å². The summed E-state index contributed by atoms with van der Waals surface area (Å²) in [5.41, 5.74) is -0.110. The van der Waals surface area contributed by atoms with E-state index in [-0.39, 0.29) is 29.3 Å². The highest BCUT2D eigenvalue weighted by Gasteiger charge is 2.37. The number of likely N-dealkylation sites (tertiary alicyclic amines) is 1. The molecule has 1 N–H and O–H groups in total. The molecule has 2 atom stereocenters. The van der Waals surface area contributed by atoms with Crippen molar-refractivity contribution in [2.45, 2.75) is 33.3 Å². The second-order valence-corrected chi connectivity index (χ2v) is 6.72. The van der Waals surface area contributed by atoms with Crippen LogP contribution in [0.15, 0.2) is 18.2 Å². The van der Waals surface area contributed by atoms with Gasteiger partial charge in [-0.3, -0.25) is 4.79 Å². The third kappa shape index (κ3) is 3.40. The van der Waals surface area contributed by atoms with Crippen LogP contribution in [-0.2, 0) is 4.79 Å². The van der Waals surface area contributed by atoms with Crippen LogP contribution in [0.5, 0.6) is 0 Å². The lowest BCUT2D eigenvalue weighted by atomic mass is 9.80. The summed E-state index contributed by atoms with van der Waals surface area (Å²) in [7, 11) is 0. The van der Waals surface area contributed by atoms with Gasteiger partial charge in [0.25, 0.3) is 0 Å². The van der Waals surface area contributed by atoms with Crippen LogP contribution < -0.4 is 0 Å². The third-order valence-electron chi connectivity index (χ3n) is 4.17. The first-order valence-corrected chi connectivity index (χ1v) is 7.10. The van der Waals surface area contributed by atoms with Gasteiger partial charge < -0.3 is 10.0 Å². The molecule has 1 heterocycles. The highest BCUT2D eigenvalue weighted by molar-refractivity contribution is 5.78. The number of carbonyl (C=O) groups excluding carboxylic acids is 1. The van der Waals surface area contributed by atoms with Crippen LogP contribution in [0.4, 0.5) is 8.78 Å². The van der Waals surface area contributed by atoms with Crippen LogP contribution in [0.1, 0.15) is 38.9 Å². The normalized spacial score (nSPS) is 21.0. The van der Waals surface area contributed by atoms with Crippen LogP contribution in [0.2, 0.25) is 0 Å². The lowest BCUT2D eigenvalue weighted by Gasteiger charge is -2.27. The number of benzene rings is 1. The van der Waals surface area contributed by atoms with Crippen LogP contribution in [0.3, 0.4) is 0 Å². The Morgan fingerprint density at radius 1 is 1.38 bits per heavy atom. The van der Waals surface area contributed by atoms with Crippen molar-refractivity contribution in [1.82, 2.24) is 4.90 Å². The molecule has 21 heavy (non-hydrogen) atoms. The van der Waals surface area contributed by atoms with Gasteiger partial charge in [0.05, 0.1) is 12.6 Å². The molecule has 0 spiro atoms. The summed E-state index contributed by atoms with van der Waals surface area (Å²) >= 11 is 0. The number of amides is 1. The molecule has 1 fully saturated rings. The Hall–Kier alpha value is -1.49. The Morgan fingerprint density at radius 3 is 2.62 bits per heavy atom. The second-order valence-electron chi connectivity index (χ2n) is 6.72. The fourth-order valence-corrected chi connectivity index (χ4v) is 2.61. The fraction of sp³-hybridized carbons (Fsp3) is 0.562. The number of β-amino-alcohol motifs (C(OH)–C–C–N with tert-alkyl or cyclic N) is 1. The number of rotatable bonds is 3. The molecule has 0 aromatic heterocycles. The minimum atomic E-state index is -1.22. The van der Waals surface area contributed by atoms with Crippen molar-refractivity contribution in [3.63, 3.8) is 0 Å². The average molecular weight is 297 g/mol. The molecule has 1 amide bonds. The maximum absolute atomic E-state index is 13.7. The zero-order valence-corrected chi connectivity index (χ0v) is 12.6. The molecule has 1 aliphatic heterocycles. The number of hydrogen-bond acceptors (Lipinski definition) is 2. The molecule has 3 nitrogen and oxygen atoms in total. The average Bonchev–Trinajstić information content (AvgIpc) is 2.74. The Morgan fingerprint density at radius 2 is 2.05 bits per heavy atom. The fourth-order valence-electron chi connectivity index (χ4n) is 2.61. The Kier molecular flexibility index (Phi) is 4.33. The van der Waals surface area contributed by atoms with Gasteiger partial charge in [-0.1, -0.05) is 32.9 Å². The predicted molar refractivity (Wildman–Crippen MR) is 75.5 cm³/mol. The van der Waals surface area contributed by atoms with Crippen molar-refractivity contribution in [3.05, 3.63) is 35.4 Å². The van der Waals surface area contributed by atoms with Gasteiger partial charge in [-0.2, -0.15) is 0 Å². The Labute approximate surface area is 123 Å². The molecule has 5 heteroatoms. The Bertz CT molecular complexity index is 540. The van der Waals surface area contributed by atoms with Gasteiger partial charge in [-0.15, -0.1) is 0 Å². The molecule has 0 saturated carbocycles. The molecule has 1 aromatic rings. The molecule has 1 aliphatic rings. The van der Waals surface area contributed by atoms with Gasteiger partial charge in [-0.25, -0.2) is 8.78 Å². The molecule has 1 saturated heterocycles. The molecule has 116 valence electrons. The van der Waals surface area contributed by atoms with E-state index >= 15 is 0 Å². The van der Waals surface area contributed by atoms with Crippen molar-refractivity contribution >= 4 is 5.91 Å². The van der Waals surface area contributed by atoms with Crippen LogP contribution in [0, 0.1) is 23.0 Å². The van der Waals surface area contributed by atoms with Crippen LogP contribution >= 0.6 is 0 Å². The minimum absolute atomic E-state index is 0.000528. The van der Waals surface area contributed by atoms with Crippen molar-refractivity contribution in [2.24, 2.45) is 11.3 Å². The summed E-state index contributed by atoms with van der Waals surface area (Å²) in [5, 5.41) is 10.1. The van der Waals surface area contributed by atoms with E-state index in [2.05, 4.69) is 20.8 Å². The molecule has 0 bridgehead atoms. The molecular weight excluding hydrogens is 276 g/mol. The summed E-state index contributed by atoms with van der Waals surface area (Å²) in [4.78, 5) is 13.5. The first-order chi connectivity index (χ1) is 9.70. The monoisotopic (exact) mass is 297 g/mol. The highest BCUT2D eigenvalue weighted by atomic mass is 19.2. The topological polar surface area (TPSA) is 40.5 Å². The molecule has 1 aromatic carbocycles. The predicted octanol–water partition coefficient (Wildman–Crippen LogP) is 2.89. The van der Waals surface area contributed by atoms with Gasteiger partial charge in [0.2, 0.25) is 5.91 Å². The van der Waals surface area contributed by atoms with E-state index in [9.17, 15) is 18.7 Å². The van der Waals surface area contributed by atoms with E-state index < -0.39 is 17.7 Å². The summed E-state index contributed by atoms with van der Waals surface area (Å²) < 4.78 is 26.8. The number of aliphatic hydroxyl groups excluding tert-OH is 1. The first kappa shape index (κ1) is 15.9. The van der Waals surface area contributed by atoms with Crippen molar-refractivity contribution in [2.75, 3.05) is 13.1 Å². The van der Waals surface area contributed by atoms with Gasteiger partial charge in [0.15, 0.2) is 11.6 Å². The second kappa shape index (κ2) is 5.72. The van der Waals surface area contributed by atoms with Crippen LogP contribution in [0.25, 0.3) is 0 Å². The molecule has 0 radical (unpaired) electrons. The van der Waals surface area contributed by atoms with E-state index in [0.29, 0.717) is 13.0 Å². The largest absolute Gasteiger partial charge is 0.386 e. The summed E-state index contributed by atoms with van der Waals surface area (Å²) in [6.07, 6.45) is -0.787. The van der Waals surface area contributed by atoms with Gasteiger partial charge in [0, 0.05) is 18.5 Å².